The van der Waals surface area contributed by atoms with Crippen molar-refractivity contribution in [2.24, 2.45) is 0 Å². The maximum atomic E-state index is 13.4. The fraction of sp³-hybridized carbons (Fsp3) is 0.471. The van der Waals surface area contributed by atoms with E-state index in [0.717, 1.165) is 11.1 Å². The molecule has 1 fully saturated rings. The molecular weight excluding hydrogens is 326 g/mol. The molecule has 1 aromatic rings. The fourth-order valence-corrected chi connectivity index (χ4v) is 3.81. The molecule has 1 aromatic carbocycles. The minimum absolute atomic E-state index is 0.0712. The number of esters is 1. The van der Waals surface area contributed by atoms with Gasteiger partial charge in [-0.1, -0.05) is 11.6 Å². The van der Waals surface area contributed by atoms with Gasteiger partial charge in [0.15, 0.2) is 11.4 Å². The lowest BCUT2D eigenvalue weighted by atomic mass is 9.80. The van der Waals surface area contributed by atoms with Gasteiger partial charge in [0.25, 0.3) is 0 Å². The molecule has 0 amide bonds. The first-order valence-electron chi connectivity index (χ1n) is 7.47. The van der Waals surface area contributed by atoms with E-state index in [1.165, 1.54) is 0 Å². The van der Waals surface area contributed by atoms with Crippen molar-refractivity contribution in [2.45, 2.75) is 51.1 Å². The molecule has 124 valence electrons. The fourth-order valence-electron chi connectivity index (χ4n) is 3.49. The smallest absolute Gasteiger partial charge is 0.343 e. The molecule has 0 unspecified atom stereocenters. The molecule has 3 nitrogen and oxygen atoms in total. The van der Waals surface area contributed by atoms with Gasteiger partial charge in [0.2, 0.25) is 5.92 Å². The molecule has 1 N–H and O–H groups in total. The molecule has 0 aromatic heterocycles. The standard InChI is InChI=1S/C17H17ClF2O3/c1-9-7-11(18)8-10(2)12(9)13-14(21)16(23-15(13)22)3-5-17(19,20)6-4-16/h7-8,21H,3-6H2,1-2H3. The number of carbonyl (C=O) groups excluding carboxylic acids is 1. The summed E-state index contributed by atoms with van der Waals surface area (Å²) in [5.41, 5.74) is 0.776. The number of aryl methyl sites for hydroxylation is 2. The number of ether oxygens (including phenoxy) is 1. The molecule has 23 heavy (non-hydrogen) atoms. The van der Waals surface area contributed by atoms with E-state index in [1.807, 2.05) is 0 Å². The van der Waals surface area contributed by atoms with Crippen LogP contribution < -0.4 is 0 Å². The summed E-state index contributed by atoms with van der Waals surface area (Å²) in [4.78, 5) is 12.3. The molecular formula is C17H17ClF2O3. The number of hydrogen-bond donors (Lipinski definition) is 1. The zero-order chi connectivity index (χ0) is 17.0. The van der Waals surface area contributed by atoms with Crippen LogP contribution in [0.4, 0.5) is 8.78 Å². The molecule has 6 heteroatoms. The summed E-state index contributed by atoms with van der Waals surface area (Å²) < 4.78 is 32.2. The number of aliphatic hydroxyl groups excluding tert-OH is 1. The Morgan fingerprint density at radius 2 is 1.65 bits per heavy atom. The van der Waals surface area contributed by atoms with Crippen LogP contribution >= 0.6 is 11.6 Å². The highest BCUT2D eigenvalue weighted by molar-refractivity contribution is 6.31. The largest absolute Gasteiger partial charge is 0.507 e. The second-order valence-corrected chi connectivity index (χ2v) is 6.81. The molecule has 0 radical (unpaired) electrons. The number of benzene rings is 1. The number of aliphatic hydroxyl groups is 1. The quantitative estimate of drug-likeness (QED) is 0.750. The van der Waals surface area contributed by atoms with Gasteiger partial charge in [-0.25, -0.2) is 13.6 Å². The summed E-state index contributed by atoms with van der Waals surface area (Å²) >= 11 is 6.00. The number of hydrogen-bond acceptors (Lipinski definition) is 3. The van der Waals surface area contributed by atoms with E-state index >= 15 is 0 Å². The molecule has 0 saturated heterocycles. The van der Waals surface area contributed by atoms with E-state index in [4.69, 9.17) is 16.3 Å². The lowest BCUT2D eigenvalue weighted by molar-refractivity contribution is -0.158. The Kier molecular flexibility index (Phi) is 3.67. The Bertz CT molecular complexity index is 692. The molecule has 3 rings (SSSR count). The Hall–Kier alpha value is -1.62. The number of rotatable bonds is 1. The lowest BCUT2D eigenvalue weighted by Gasteiger charge is -2.35. The van der Waals surface area contributed by atoms with E-state index in [1.54, 1.807) is 26.0 Å². The third kappa shape index (κ3) is 2.61. The predicted octanol–water partition coefficient (Wildman–Crippen LogP) is 4.73. The average molecular weight is 343 g/mol. The van der Waals surface area contributed by atoms with Crippen LogP contribution in [0.1, 0.15) is 42.4 Å². The predicted molar refractivity (Wildman–Crippen MR) is 82.7 cm³/mol. The van der Waals surface area contributed by atoms with Crippen LogP contribution in [0.3, 0.4) is 0 Å². The first-order valence-corrected chi connectivity index (χ1v) is 7.85. The molecule has 1 heterocycles. The van der Waals surface area contributed by atoms with Crippen LogP contribution in [0.25, 0.3) is 5.57 Å². The molecule has 1 spiro atoms. The third-order valence-corrected chi connectivity index (χ3v) is 4.92. The van der Waals surface area contributed by atoms with Crippen molar-refractivity contribution in [3.63, 3.8) is 0 Å². The number of alkyl halides is 2. The van der Waals surface area contributed by atoms with Crippen LogP contribution in [-0.4, -0.2) is 22.6 Å². The SMILES string of the molecule is Cc1cc(Cl)cc(C)c1C1=C(O)C2(CCC(F)(F)CC2)OC1=O. The van der Waals surface area contributed by atoms with Crippen molar-refractivity contribution in [2.75, 3.05) is 0 Å². The zero-order valence-corrected chi connectivity index (χ0v) is 13.6. The molecule has 2 aliphatic rings. The van der Waals surface area contributed by atoms with E-state index in [9.17, 15) is 18.7 Å². The Labute approximate surface area is 137 Å². The van der Waals surface area contributed by atoms with Crippen molar-refractivity contribution in [3.05, 3.63) is 39.6 Å². The van der Waals surface area contributed by atoms with E-state index in [0.29, 0.717) is 10.6 Å². The second-order valence-electron chi connectivity index (χ2n) is 6.38. The normalized spacial score (nSPS) is 22.6. The molecule has 1 aliphatic carbocycles. The highest BCUT2D eigenvalue weighted by Gasteiger charge is 2.54. The minimum Gasteiger partial charge on any atom is -0.507 e. The minimum atomic E-state index is -2.77. The molecule has 0 atom stereocenters. The zero-order valence-electron chi connectivity index (χ0n) is 12.9. The molecule has 1 saturated carbocycles. The Balaban J connectivity index is 2.08. The van der Waals surface area contributed by atoms with Gasteiger partial charge in [0.1, 0.15) is 5.57 Å². The monoisotopic (exact) mass is 342 g/mol. The van der Waals surface area contributed by atoms with E-state index in [2.05, 4.69) is 0 Å². The maximum Gasteiger partial charge on any atom is 0.343 e. The summed E-state index contributed by atoms with van der Waals surface area (Å²) in [5.74, 6) is -3.67. The van der Waals surface area contributed by atoms with Gasteiger partial charge in [0, 0.05) is 30.7 Å². The van der Waals surface area contributed by atoms with Crippen LogP contribution in [0, 0.1) is 13.8 Å². The molecule has 0 bridgehead atoms. The Morgan fingerprint density at radius 1 is 1.13 bits per heavy atom. The highest BCUT2D eigenvalue weighted by atomic mass is 35.5. The highest BCUT2D eigenvalue weighted by Crippen LogP contribution is 2.49. The van der Waals surface area contributed by atoms with Crippen LogP contribution in [0.2, 0.25) is 5.02 Å². The van der Waals surface area contributed by atoms with Crippen LogP contribution in [0.5, 0.6) is 0 Å². The lowest BCUT2D eigenvalue weighted by Crippen LogP contribution is -2.40. The van der Waals surface area contributed by atoms with Crippen molar-refractivity contribution >= 4 is 23.1 Å². The summed E-state index contributed by atoms with van der Waals surface area (Å²) in [5, 5.41) is 11.2. The van der Waals surface area contributed by atoms with Gasteiger partial charge in [-0.05, 0) is 42.7 Å². The maximum absolute atomic E-state index is 13.4. The number of carbonyl (C=O) groups is 1. The van der Waals surface area contributed by atoms with Gasteiger partial charge < -0.3 is 9.84 Å². The second kappa shape index (κ2) is 5.20. The summed E-state index contributed by atoms with van der Waals surface area (Å²) in [6.45, 7) is 3.56. The van der Waals surface area contributed by atoms with Gasteiger partial charge in [-0.15, -0.1) is 0 Å². The first-order chi connectivity index (χ1) is 10.7. The third-order valence-electron chi connectivity index (χ3n) is 4.70. The number of halogens is 3. The van der Waals surface area contributed by atoms with Crippen molar-refractivity contribution in [1.29, 1.82) is 0 Å². The van der Waals surface area contributed by atoms with Gasteiger partial charge >= 0.3 is 5.97 Å². The topological polar surface area (TPSA) is 46.5 Å². The van der Waals surface area contributed by atoms with E-state index < -0.39 is 30.3 Å². The van der Waals surface area contributed by atoms with Gasteiger partial charge in [-0.3, -0.25) is 0 Å². The van der Waals surface area contributed by atoms with Crippen LogP contribution in [-0.2, 0) is 9.53 Å². The van der Waals surface area contributed by atoms with Crippen LogP contribution in [0.15, 0.2) is 17.9 Å². The van der Waals surface area contributed by atoms with Crippen molar-refractivity contribution in [1.82, 2.24) is 0 Å². The molecule has 1 aliphatic heterocycles. The first kappa shape index (κ1) is 16.2. The van der Waals surface area contributed by atoms with Gasteiger partial charge in [-0.2, -0.15) is 0 Å². The van der Waals surface area contributed by atoms with Crippen molar-refractivity contribution in [3.8, 4) is 0 Å². The summed E-state index contributed by atoms with van der Waals surface area (Å²) in [6, 6.07) is 3.38. The summed E-state index contributed by atoms with van der Waals surface area (Å²) in [7, 11) is 0. The summed E-state index contributed by atoms with van der Waals surface area (Å²) in [6.07, 6.45) is -0.966. The average Bonchev–Trinajstić information content (AvgIpc) is 2.66. The van der Waals surface area contributed by atoms with E-state index in [-0.39, 0.29) is 24.2 Å². The Morgan fingerprint density at radius 3 is 2.17 bits per heavy atom. The van der Waals surface area contributed by atoms with Crippen molar-refractivity contribution < 1.29 is 23.4 Å². The van der Waals surface area contributed by atoms with Gasteiger partial charge in [0.05, 0.1) is 0 Å².